The van der Waals surface area contributed by atoms with Crippen LogP contribution in [0.2, 0.25) is 0 Å². The third-order valence-electron chi connectivity index (χ3n) is 1.58. The number of alkyl halides is 5. The molecule has 84 valence electrons. The number of rotatable bonds is 1. The van der Waals surface area contributed by atoms with Crippen molar-refractivity contribution < 1.29 is 22.0 Å². The van der Waals surface area contributed by atoms with Gasteiger partial charge in [0.2, 0.25) is 0 Å². The average Bonchev–Trinajstić information content (AvgIpc) is 2.05. The van der Waals surface area contributed by atoms with Crippen LogP contribution in [0.25, 0.3) is 0 Å². The van der Waals surface area contributed by atoms with Crippen molar-refractivity contribution in [3.8, 4) is 0 Å². The van der Waals surface area contributed by atoms with Gasteiger partial charge in [-0.1, -0.05) is 0 Å². The molecule has 0 amide bonds. The van der Waals surface area contributed by atoms with Crippen molar-refractivity contribution in [1.29, 1.82) is 0 Å². The molecule has 1 N–H and O–H groups in total. The van der Waals surface area contributed by atoms with Gasteiger partial charge in [-0.3, -0.25) is 4.79 Å². The fourth-order valence-corrected chi connectivity index (χ4v) is 1.77. The summed E-state index contributed by atoms with van der Waals surface area (Å²) >= 11 is 1.24. The van der Waals surface area contributed by atoms with Crippen molar-refractivity contribution in [3.63, 3.8) is 0 Å². The van der Waals surface area contributed by atoms with E-state index in [-0.39, 0.29) is 0 Å². The van der Waals surface area contributed by atoms with Gasteiger partial charge in [-0.05, 0) is 22.6 Å². The van der Waals surface area contributed by atoms with Gasteiger partial charge < -0.3 is 4.98 Å². The Bertz CT molecular complexity index is 424. The highest BCUT2D eigenvalue weighted by Gasteiger charge is 2.39. The second-order valence-electron chi connectivity index (χ2n) is 2.55. The van der Waals surface area contributed by atoms with Crippen molar-refractivity contribution in [2.45, 2.75) is 12.6 Å². The van der Waals surface area contributed by atoms with Gasteiger partial charge in [0.15, 0.2) is 0 Å². The van der Waals surface area contributed by atoms with Gasteiger partial charge in [0, 0.05) is 9.77 Å². The lowest BCUT2D eigenvalue weighted by molar-refractivity contribution is -0.140. The Morgan fingerprint density at radius 2 is 1.87 bits per heavy atom. The molecular formula is C7H3F5INO. The summed E-state index contributed by atoms with van der Waals surface area (Å²) in [5.74, 6) is 0. The maximum atomic E-state index is 12.4. The van der Waals surface area contributed by atoms with E-state index in [1.165, 1.54) is 22.6 Å². The van der Waals surface area contributed by atoms with Crippen LogP contribution in [0, 0.1) is 3.57 Å². The van der Waals surface area contributed by atoms with E-state index in [4.69, 9.17) is 0 Å². The summed E-state index contributed by atoms with van der Waals surface area (Å²) in [5.41, 5.74) is -4.52. The summed E-state index contributed by atoms with van der Waals surface area (Å²) in [7, 11) is 0. The summed E-state index contributed by atoms with van der Waals surface area (Å²) in [6.45, 7) is 0. The topological polar surface area (TPSA) is 32.9 Å². The van der Waals surface area contributed by atoms with Crippen LogP contribution in [0.15, 0.2) is 11.0 Å². The Hall–Kier alpha value is -0.670. The van der Waals surface area contributed by atoms with Crippen LogP contribution in [0.3, 0.4) is 0 Å². The quantitative estimate of drug-likeness (QED) is 0.619. The molecule has 0 aliphatic heterocycles. The zero-order valence-electron chi connectivity index (χ0n) is 6.83. The van der Waals surface area contributed by atoms with E-state index in [0.29, 0.717) is 0 Å². The molecule has 0 atom stereocenters. The predicted octanol–water partition coefficient (Wildman–Crippen LogP) is 2.94. The first-order valence-corrected chi connectivity index (χ1v) is 4.59. The van der Waals surface area contributed by atoms with Crippen LogP contribution in [0.5, 0.6) is 0 Å². The van der Waals surface area contributed by atoms with Gasteiger partial charge in [0.25, 0.3) is 12.0 Å². The molecule has 1 rings (SSSR count). The molecule has 0 aliphatic rings. The maximum absolute atomic E-state index is 12.4. The molecule has 1 aromatic heterocycles. The van der Waals surface area contributed by atoms with Gasteiger partial charge in [-0.15, -0.1) is 0 Å². The number of halogens is 6. The van der Waals surface area contributed by atoms with E-state index in [0.717, 1.165) is 6.20 Å². The minimum atomic E-state index is -4.96. The Labute approximate surface area is 93.6 Å². The zero-order valence-corrected chi connectivity index (χ0v) is 8.99. The molecule has 15 heavy (non-hydrogen) atoms. The van der Waals surface area contributed by atoms with Crippen molar-refractivity contribution in [2.24, 2.45) is 0 Å². The Morgan fingerprint density at radius 1 is 1.33 bits per heavy atom. The van der Waals surface area contributed by atoms with E-state index in [1.807, 2.05) is 4.98 Å². The summed E-state index contributed by atoms with van der Waals surface area (Å²) in [6.07, 6.45) is -7.67. The number of hydrogen-bond acceptors (Lipinski definition) is 1. The van der Waals surface area contributed by atoms with Crippen molar-refractivity contribution in [3.05, 3.63) is 31.2 Å². The first-order valence-electron chi connectivity index (χ1n) is 3.51. The van der Waals surface area contributed by atoms with E-state index in [1.54, 1.807) is 0 Å². The van der Waals surface area contributed by atoms with E-state index in [9.17, 15) is 26.7 Å². The van der Waals surface area contributed by atoms with Crippen molar-refractivity contribution >= 4 is 22.6 Å². The molecular weight excluding hydrogens is 336 g/mol. The Kier molecular flexibility index (Phi) is 3.36. The van der Waals surface area contributed by atoms with Crippen LogP contribution >= 0.6 is 22.6 Å². The number of aromatic amines is 1. The molecule has 0 fully saturated rings. The summed E-state index contributed by atoms with van der Waals surface area (Å²) < 4.78 is 61.2. The van der Waals surface area contributed by atoms with Crippen molar-refractivity contribution in [1.82, 2.24) is 4.98 Å². The minimum absolute atomic E-state index is 0.463. The molecule has 0 aromatic carbocycles. The second kappa shape index (κ2) is 4.06. The fraction of sp³-hybridized carbons (Fsp3) is 0.286. The number of H-pyrrole nitrogens is 1. The fourth-order valence-electron chi connectivity index (χ4n) is 1.02. The minimum Gasteiger partial charge on any atom is -0.328 e. The number of nitrogens with one attached hydrogen (secondary N) is 1. The predicted molar refractivity (Wildman–Crippen MR) is 49.7 cm³/mol. The van der Waals surface area contributed by atoms with Crippen LogP contribution in [0.1, 0.15) is 17.6 Å². The van der Waals surface area contributed by atoms with Gasteiger partial charge in [0.05, 0.1) is 11.1 Å². The maximum Gasteiger partial charge on any atom is 0.418 e. The summed E-state index contributed by atoms with van der Waals surface area (Å²) in [6, 6.07) is 0. The standard InChI is InChI=1S/C7H3F5INO/c8-5(9)3-4(7(10,11)12)2(13)1-14-6(3)15/h1,5H,(H,14,15). The average molecular weight is 339 g/mol. The molecule has 0 saturated carbocycles. The molecule has 0 radical (unpaired) electrons. The van der Waals surface area contributed by atoms with Crippen LogP contribution in [0.4, 0.5) is 22.0 Å². The third kappa shape index (κ3) is 2.47. The number of aromatic nitrogens is 1. The zero-order chi connectivity index (χ0) is 11.8. The Morgan fingerprint density at radius 3 is 2.20 bits per heavy atom. The molecule has 0 unspecified atom stereocenters. The highest BCUT2D eigenvalue weighted by atomic mass is 127. The van der Waals surface area contributed by atoms with Crippen molar-refractivity contribution in [2.75, 3.05) is 0 Å². The molecule has 2 nitrogen and oxygen atoms in total. The highest BCUT2D eigenvalue weighted by molar-refractivity contribution is 14.1. The van der Waals surface area contributed by atoms with E-state index >= 15 is 0 Å². The van der Waals surface area contributed by atoms with E-state index < -0.39 is 32.9 Å². The van der Waals surface area contributed by atoms with Crippen LogP contribution in [-0.2, 0) is 6.18 Å². The Balaban J connectivity index is 3.61. The molecule has 1 aromatic rings. The summed E-state index contributed by atoms with van der Waals surface area (Å²) in [4.78, 5) is 12.7. The second-order valence-corrected chi connectivity index (χ2v) is 3.72. The summed E-state index contributed by atoms with van der Waals surface area (Å²) in [5, 5.41) is 0. The first-order chi connectivity index (χ1) is 6.75. The normalized spacial score (nSPS) is 12.2. The number of hydrogen-bond donors (Lipinski definition) is 1. The van der Waals surface area contributed by atoms with Gasteiger partial charge in [-0.25, -0.2) is 8.78 Å². The molecule has 0 saturated heterocycles. The number of pyridine rings is 1. The smallest absolute Gasteiger partial charge is 0.328 e. The lowest BCUT2D eigenvalue weighted by atomic mass is 10.1. The van der Waals surface area contributed by atoms with Gasteiger partial charge in [0.1, 0.15) is 0 Å². The SMILES string of the molecule is O=c1[nH]cc(I)c(C(F)(F)F)c1C(F)F. The van der Waals surface area contributed by atoms with Crippen LogP contribution < -0.4 is 5.56 Å². The molecule has 0 bridgehead atoms. The lowest BCUT2D eigenvalue weighted by Gasteiger charge is -2.12. The monoisotopic (exact) mass is 339 g/mol. The third-order valence-corrected chi connectivity index (χ3v) is 2.44. The highest BCUT2D eigenvalue weighted by Crippen LogP contribution is 2.36. The lowest BCUT2D eigenvalue weighted by Crippen LogP contribution is -2.22. The van der Waals surface area contributed by atoms with Crippen LogP contribution in [-0.4, -0.2) is 4.98 Å². The van der Waals surface area contributed by atoms with Gasteiger partial charge in [-0.2, -0.15) is 13.2 Å². The van der Waals surface area contributed by atoms with Gasteiger partial charge >= 0.3 is 6.18 Å². The molecule has 0 aliphatic carbocycles. The largest absolute Gasteiger partial charge is 0.418 e. The first kappa shape index (κ1) is 12.4. The van der Waals surface area contributed by atoms with E-state index in [2.05, 4.69) is 0 Å². The molecule has 1 heterocycles. The molecule has 8 heteroatoms. The molecule has 0 spiro atoms.